The average molecular weight is 546 g/mol. The lowest BCUT2D eigenvalue weighted by atomic mass is 9.91. The minimum Gasteiger partial charge on any atom is -0.374 e. The summed E-state index contributed by atoms with van der Waals surface area (Å²) in [4.78, 5) is 17.1. The number of fused-ring (bicyclic) bond motifs is 2. The van der Waals surface area contributed by atoms with Crippen molar-refractivity contribution in [3.8, 4) is 33.1 Å². The Morgan fingerprint density at radius 2 is 1.92 bits per heavy atom. The zero-order chi connectivity index (χ0) is 27.3. The van der Waals surface area contributed by atoms with Gasteiger partial charge in [0.15, 0.2) is 16.6 Å². The summed E-state index contributed by atoms with van der Waals surface area (Å²) in [6, 6.07) is 10.1. The molecule has 1 aromatic carbocycles. The molecule has 5 aromatic heterocycles. The van der Waals surface area contributed by atoms with E-state index in [1.165, 1.54) is 6.07 Å². The molecular formula is C28H25F2N7OS. The molecule has 0 aliphatic heterocycles. The van der Waals surface area contributed by atoms with Gasteiger partial charge in [-0.05, 0) is 48.2 Å². The molecular weight excluding hydrogens is 520 g/mol. The number of imidazole rings is 1. The summed E-state index contributed by atoms with van der Waals surface area (Å²) in [5.74, 6) is -0.150. The molecule has 0 radical (unpaired) electrons. The van der Waals surface area contributed by atoms with Gasteiger partial charge >= 0.3 is 0 Å². The van der Waals surface area contributed by atoms with Gasteiger partial charge in [0.25, 0.3) is 0 Å². The third kappa shape index (κ3) is 4.86. The predicted molar refractivity (Wildman–Crippen MR) is 149 cm³/mol. The minimum atomic E-state index is -0.771. The van der Waals surface area contributed by atoms with Crippen molar-refractivity contribution in [1.82, 2.24) is 30.1 Å². The number of aliphatic hydroxyl groups excluding tert-OH is 1. The summed E-state index contributed by atoms with van der Waals surface area (Å²) < 4.78 is 29.8. The van der Waals surface area contributed by atoms with Crippen molar-refractivity contribution >= 4 is 39.1 Å². The molecule has 0 saturated carbocycles. The minimum absolute atomic E-state index is 0.0703. The summed E-state index contributed by atoms with van der Waals surface area (Å²) in [6.07, 6.45) is 4.53. The van der Waals surface area contributed by atoms with E-state index < -0.39 is 12.0 Å². The number of nitrogens with one attached hydrogen (secondary N) is 3. The monoisotopic (exact) mass is 545 g/mol. The van der Waals surface area contributed by atoms with Crippen LogP contribution >= 0.6 is 11.3 Å². The molecule has 11 heteroatoms. The molecule has 1 unspecified atom stereocenters. The fourth-order valence-corrected chi connectivity index (χ4v) is 5.41. The first-order valence-corrected chi connectivity index (χ1v) is 13.2. The van der Waals surface area contributed by atoms with Crippen LogP contribution in [0.2, 0.25) is 0 Å². The van der Waals surface area contributed by atoms with Gasteiger partial charge in [-0.15, -0.1) is 11.3 Å². The van der Waals surface area contributed by atoms with E-state index in [4.69, 9.17) is 0 Å². The van der Waals surface area contributed by atoms with E-state index >= 15 is 4.39 Å². The van der Waals surface area contributed by atoms with E-state index in [2.05, 4.69) is 35.5 Å². The van der Waals surface area contributed by atoms with Crippen LogP contribution in [0.1, 0.15) is 27.2 Å². The molecule has 4 N–H and O–H groups in total. The molecule has 8 nitrogen and oxygen atoms in total. The van der Waals surface area contributed by atoms with Crippen LogP contribution in [-0.2, 0) is 0 Å². The molecule has 1 atom stereocenters. The maximum absolute atomic E-state index is 16.1. The molecule has 39 heavy (non-hydrogen) atoms. The highest BCUT2D eigenvalue weighted by Crippen LogP contribution is 2.36. The smallest absolute Gasteiger partial charge is 0.178 e. The Hall–Kier alpha value is -4.22. The van der Waals surface area contributed by atoms with Crippen molar-refractivity contribution in [3.63, 3.8) is 0 Å². The number of aliphatic hydroxyl groups is 1. The predicted octanol–water partition coefficient (Wildman–Crippen LogP) is 6.74. The summed E-state index contributed by atoms with van der Waals surface area (Å²) >= 11 is 1.02. The van der Waals surface area contributed by atoms with Gasteiger partial charge in [-0.2, -0.15) is 9.49 Å². The van der Waals surface area contributed by atoms with Crippen molar-refractivity contribution in [2.24, 2.45) is 5.41 Å². The van der Waals surface area contributed by atoms with E-state index in [0.717, 1.165) is 21.8 Å². The Bertz CT molecular complexity index is 1820. The maximum Gasteiger partial charge on any atom is 0.178 e. The number of anilines is 1. The van der Waals surface area contributed by atoms with E-state index in [9.17, 15) is 9.50 Å². The number of benzene rings is 1. The summed E-state index contributed by atoms with van der Waals surface area (Å²) in [5.41, 5.74) is 3.96. The topological polar surface area (TPSA) is 115 Å². The Morgan fingerprint density at radius 1 is 1.08 bits per heavy atom. The number of aromatic amines is 2. The number of thiophene rings is 1. The van der Waals surface area contributed by atoms with Gasteiger partial charge in [-0.25, -0.2) is 14.4 Å². The van der Waals surface area contributed by atoms with Gasteiger partial charge < -0.3 is 15.4 Å². The molecule has 198 valence electrons. The average Bonchev–Trinajstić information content (AvgIpc) is 3.60. The second-order valence-corrected chi connectivity index (χ2v) is 11.6. The lowest BCUT2D eigenvalue weighted by Gasteiger charge is -2.23. The standard InChI is InChI=1S/C28H25F2N7OS/c1-28(2,3)11-21(38)33-15-10-14(12-31-13-15)16-4-5-18-22(23(16)30)25(37-36-18)27-34-24-17(8-9-32-26(24)35-27)19-6-7-20(29)39-19/h4-10,12-13,21,33,38H,11H2,1-3H3,(H,36,37)(H,32,34,35). The molecule has 5 heterocycles. The fourth-order valence-electron chi connectivity index (χ4n) is 4.64. The van der Waals surface area contributed by atoms with Crippen molar-refractivity contribution in [2.45, 2.75) is 33.4 Å². The number of pyridine rings is 2. The first-order valence-electron chi connectivity index (χ1n) is 12.3. The Balaban J connectivity index is 1.40. The molecule has 6 rings (SSSR count). The number of halogens is 2. The van der Waals surface area contributed by atoms with Crippen LogP contribution in [0.5, 0.6) is 0 Å². The number of nitrogens with zero attached hydrogens (tertiary/aromatic N) is 4. The van der Waals surface area contributed by atoms with E-state index in [1.54, 1.807) is 48.9 Å². The molecule has 0 spiro atoms. The van der Waals surface area contributed by atoms with Gasteiger partial charge in [0.05, 0.1) is 28.3 Å². The summed E-state index contributed by atoms with van der Waals surface area (Å²) in [7, 11) is 0. The molecule has 0 aliphatic carbocycles. The third-order valence-electron chi connectivity index (χ3n) is 6.31. The van der Waals surface area contributed by atoms with Crippen molar-refractivity contribution in [1.29, 1.82) is 0 Å². The Morgan fingerprint density at radius 3 is 2.69 bits per heavy atom. The highest BCUT2D eigenvalue weighted by molar-refractivity contribution is 7.14. The number of rotatable bonds is 6. The van der Waals surface area contributed by atoms with E-state index in [-0.39, 0.29) is 15.9 Å². The summed E-state index contributed by atoms with van der Waals surface area (Å²) in [5, 5.41) is 20.7. The second-order valence-electron chi connectivity index (χ2n) is 10.6. The highest BCUT2D eigenvalue weighted by atomic mass is 32.1. The van der Waals surface area contributed by atoms with Gasteiger partial charge in [0.2, 0.25) is 0 Å². The normalized spacial score (nSPS) is 12.9. The lowest BCUT2D eigenvalue weighted by Crippen LogP contribution is -2.25. The number of hydrogen-bond donors (Lipinski definition) is 4. The Labute approximate surface area is 226 Å². The summed E-state index contributed by atoms with van der Waals surface area (Å²) in [6.45, 7) is 6.13. The zero-order valence-electron chi connectivity index (χ0n) is 21.4. The van der Waals surface area contributed by atoms with Gasteiger partial charge in [0, 0.05) is 34.0 Å². The first-order chi connectivity index (χ1) is 18.7. The number of aromatic nitrogens is 6. The van der Waals surface area contributed by atoms with Crippen LogP contribution in [0.15, 0.2) is 55.0 Å². The van der Waals surface area contributed by atoms with E-state index in [0.29, 0.717) is 51.4 Å². The molecule has 0 fully saturated rings. The van der Waals surface area contributed by atoms with Gasteiger partial charge in [-0.1, -0.05) is 20.8 Å². The Kier molecular flexibility index (Phi) is 6.12. The molecule has 0 amide bonds. The molecule has 0 aliphatic rings. The van der Waals surface area contributed by atoms with Crippen molar-refractivity contribution in [3.05, 3.63) is 65.9 Å². The van der Waals surface area contributed by atoms with Crippen molar-refractivity contribution < 1.29 is 13.9 Å². The highest BCUT2D eigenvalue weighted by Gasteiger charge is 2.22. The molecule has 6 aromatic rings. The molecule has 0 bridgehead atoms. The van der Waals surface area contributed by atoms with Crippen LogP contribution in [0, 0.1) is 16.4 Å². The third-order valence-corrected chi connectivity index (χ3v) is 7.22. The zero-order valence-corrected chi connectivity index (χ0v) is 22.2. The van der Waals surface area contributed by atoms with E-state index in [1.807, 2.05) is 20.8 Å². The van der Waals surface area contributed by atoms with Crippen LogP contribution in [0.4, 0.5) is 14.5 Å². The fraction of sp³-hybridized carbons (Fsp3) is 0.214. The van der Waals surface area contributed by atoms with Crippen LogP contribution < -0.4 is 5.32 Å². The van der Waals surface area contributed by atoms with Crippen LogP contribution in [0.25, 0.3) is 55.2 Å². The lowest BCUT2D eigenvalue weighted by molar-refractivity contribution is 0.145. The SMILES string of the molecule is CC(C)(C)CC(O)Nc1cncc(-c2ccc3[nH]nc(-c4nc5nccc(-c6ccc(F)s6)c5[nH]4)c3c2F)c1. The van der Waals surface area contributed by atoms with Crippen LogP contribution in [-0.4, -0.2) is 41.5 Å². The quantitative estimate of drug-likeness (QED) is 0.172. The maximum atomic E-state index is 16.1. The van der Waals surface area contributed by atoms with Crippen molar-refractivity contribution in [2.75, 3.05) is 5.32 Å². The van der Waals surface area contributed by atoms with Crippen LogP contribution in [0.3, 0.4) is 0 Å². The first kappa shape index (κ1) is 25.1. The largest absolute Gasteiger partial charge is 0.374 e. The van der Waals surface area contributed by atoms with Gasteiger partial charge in [0.1, 0.15) is 17.7 Å². The number of hydrogen-bond acceptors (Lipinski definition) is 7. The van der Waals surface area contributed by atoms with Gasteiger partial charge in [-0.3, -0.25) is 10.1 Å². The second kappa shape index (κ2) is 9.51. The number of H-pyrrole nitrogens is 2. The molecule has 0 saturated heterocycles.